The second kappa shape index (κ2) is 6.91. The standard InChI is InChI=1S/C22H19F3N4/c23-22(24,25)21-26-9-18(10-27-21)20-8-14(7-19(28-20)15-5-6-15)11-29-12-16-3-1-2-4-17(16)13-29/h1-4,7-10,15H,5-6,11-13H2. The fourth-order valence-corrected chi connectivity index (χ4v) is 3.82. The van der Waals surface area contributed by atoms with Crippen molar-refractivity contribution < 1.29 is 13.2 Å². The van der Waals surface area contributed by atoms with Crippen molar-refractivity contribution in [2.24, 2.45) is 0 Å². The Hall–Kier alpha value is -2.80. The maximum absolute atomic E-state index is 12.8. The average Bonchev–Trinajstić information content (AvgIpc) is 3.47. The zero-order chi connectivity index (χ0) is 20.0. The van der Waals surface area contributed by atoms with Crippen LogP contribution in [-0.4, -0.2) is 19.9 Å². The van der Waals surface area contributed by atoms with Gasteiger partial charge in [-0.15, -0.1) is 0 Å². The van der Waals surface area contributed by atoms with Crippen molar-refractivity contribution in [3.8, 4) is 11.3 Å². The van der Waals surface area contributed by atoms with Gasteiger partial charge in [0.05, 0.1) is 5.69 Å². The Morgan fingerprint density at radius 2 is 1.62 bits per heavy atom. The minimum absolute atomic E-state index is 0.444. The van der Waals surface area contributed by atoms with E-state index in [1.807, 2.05) is 6.07 Å². The molecule has 29 heavy (non-hydrogen) atoms. The number of hydrogen-bond acceptors (Lipinski definition) is 4. The van der Waals surface area contributed by atoms with E-state index in [4.69, 9.17) is 4.98 Å². The average molecular weight is 396 g/mol. The van der Waals surface area contributed by atoms with Gasteiger partial charge >= 0.3 is 6.18 Å². The van der Waals surface area contributed by atoms with Gasteiger partial charge in [-0.05, 0) is 41.7 Å². The maximum atomic E-state index is 12.8. The van der Waals surface area contributed by atoms with Crippen molar-refractivity contribution >= 4 is 0 Å². The Labute approximate surface area is 166 Å². The second-order valence-corrected chi connectivity index (χ2v) is 7.77. The van der Waals surface area contributed by atoms with Gasteiger partial charge in [-0.25, -0.2) is 9.97 Å². The molecule has 0 bridgehead atoms. The fourth-order valence-electron chi connectivity index (χ4n) is 3.82. The van der Waals surface area contributed by atoms with Crippen LogP contribution in [0.2, 0.25) is 0 Å². The molecule has 0 unspecified atom stereocenters. The van der Waals surface area contributed by atoms with Gasteiger partial charge in [0.15, 0.2) is 0 Å². The highest BCUT2D eigenvalue weighted by molar-refractivity contribution is 5.58. The van der Waals surface area contributed by atoms with Gasteiger partial charge in [0.1, 0.15) is 0 Å². The van der Waals surface area contributed by atoms with E-state index >= 15 is 0 Å². The van der Waals surface area contributed by atoms with E-state index in [-0.39, 0.29) is 0 Å². The van der Waals surface area contributed by atoms with Crippen LogP contribution < -0.4 is 0 Å². The third-order valence-corrected chi connectivity index (χ3v) is 5.41. The quantitative estimate of drug-likeness (QED) is 0.626. The summed E-state index contributed by atoms with van der Waals surface area (Å²) >= 11 is 0. The van der Waals surface area contributed by atoms with Gasteiger partial charge in [-0.1, -0.05) is 24.3 Å². The summed E-state index contributed by atoms with van der Waals surface area (Å²) in [7, 11) is 0. The number of hydrogen-bond donors (Lipinski definition) is 0. The molecule has 0 spiro atoms. The summed E-state index contributed by atoms with van der Waals surface area (Å²) in [5.41, 5.74) is 5.96. The van der Waals surface area contributed by atoms with Crippen LogP contribution in [0.25, 0.3) is 11.3 Å². The molecule has 0 atom stereocenters. The minimum atomic E-state index is -4.54. The molecule has 1 aliphatic carbocycles. The number of nitrogens with zero attached hydrogens (tertiary/aromatic N) is 4. The lowest BCUT2D eigenvalue weighted by Crippen LogP contribution is -2.16. The highest BCUT2D eigenvalue weighted by Crippen LogP contribution is 2.40. The van der Waals surface area contributed by atoms with Crippen molar-refractivity contribution in [1.29, 1.82) is 0 Å². The topological polar surface area (TPSA) is 41.9 Å². The van der Waals surface area contributed by atoms with Crippen molar-refractivity contribution in [2.75, 3.05) is 0 Å². The molecule has 148 valence electrons. The third kappa shape index (κ3) is 3.87. The summed E-state index contributed by atoms with van der Waals surface area (Å²) in [4.78, 5) is 14.0. The maximum Gasteiger partial charge on any atom is 0.451 e. The van der Waals surface area contributed by atoms with Crippen LogP contribution in [0.15, 0.2) is 48.8 Å². The van der Waals surface area contributed by atoms with Crippen LogP contribution in [0.3, 0.4) is 0 Å². The molecule has 1 aliphatic heterocycles. The molecule has 1 aromatic carbocycles. The van der Waals surface area contributed by atoms with E-state index in [0.717, 1.165) is 43.7 Å². The van der Waals surface area contributed by atoms with Gasteiger partial charge in [-0.2, -0.15) is 13.2 Å². The number of pyridine rings is 1. The molecule has 0 N–H and O–H groups in total. The van der Waals surface area contributed by atoms with Gasteiger partial charge in [0, 0.05) is 49.2 Å². The van der Waals surface area contributed by atoms with Crippen LogP contribution in [0.1, 0.15) is 47.0 Å². The molecule has 1 saturated carbocycles. The molecule has 1 fully saturated rings. The number of benzene rings is 1. The lowest BCUT2D eigenvalue weighted by Gasteiger charge is -2.16. The first kappa shape index (κ1) is 18.2. The Morgan fingerprint density at radius 3 is 2.21 bits per heavy atom. The normalized spacial score (nSPS) is 16.8. The Bertz CT molecular complexity index is 1020. The molecule has 0 saturated heterocycles. The predicted molar refractivity (Wildman–Crippen MR) is 102 cm³/mol. The molecule has 5 rings (SSSR count). The van der Waals surface area contributed by atoms with E-state index < -0.39 is 12.0 Å². The summed E-state index contributed by atoms with van der Waals surface area (Å²) < 4.78 is 38.3. The van der Waals surface area contributed by atoms with Crippen LogP contribution in [0.5, 0.6) is 0 Å². The number of fused-ring (bicyclic) bond motifs is 1. The van der Waals surface area contributed by atoms with Crippen molar-refractivity contribution in [3.63, 3.8) is 0 Å². The number of halogens is 3. The van der Waals surface area contributed by atoms with E-state index in [2.05, 4.69) is 45.2 Å². The summed E-state index contributed by atoms with van der Waals surface area (Å²) in [6, 6.07) is 12.5. The highest BCUT2D eigenvalue weighted by Gasteiger charge is 2.34. The third-order valence-electron chi connectivity index (χ3n) is 5.41. The fraction of sp³-hybridized carbons (Fsp3) is 0.318. The first-order valence-corrected chi connectivity index (χ1v) is 9.65. The Morgan fingerprint density at radius 1 is 0.966 bits per heavy atom. The largest absolute Gasteiger partial charge is 0.451 e. The highest BCUT2D eigenvalue weighted by atomic mass is 19.4. The smallest absolute Gasteiger partial charge is 0.291 e. The number of alkyl halides is 3. The Kier molecular flexibility index (Phi) is 4.35. The van der Waals surface area contributed by atoms with Gasteiger partial charge in [-0.3, -0.25) is 9.88 Å². The molecule has 0 amide bonds. The second-order valence-electron chi connectivity index (χ2n) is 7.77. The van der Waals surface area contributed by atoms with Crippen molar-refractivity contribution in [2.45, 2.75) is 44.6 Å². The van der Waals surface area contributed by atoms with Crippen LogP contribution in [0.4, 0.5) is 13.2 Å². The van der Waals surface area contributed by atoms with Crippen LogP contribution >= 0.6 is 0 Å². The van der Waals surface area contributed by atoms with Crippen LogP contribution in [-0.2, 0) is 25.8 Å². The summed E-state index contributed by atoms with van der Waals surface area (Å²) in [5, 5.41) is 0. The Balaban J connectivity index is 1.42. The molecule has 2 aromatic heterocycles. The minimum Gasteiger partial charge on any atom is -0.291 e. The van der Waals surface area contributed by atoms with Gasteiger partial charge in [0.25, 0.3) is 0 Å². The zero-order valence-corrected chi connectivity index (χ0v) is 15.7. The molecule has 3 heterocycles. The van der Waals surface area contributed by atoms with E-state index in [1.165, 1.54) is 23.5 Å². The molecular formula is C22H19F3N4. The first-order valence-electron chi connectivity index (χ1n) is 9.65. The van der Waals surface area contributed by atoms with Crippen LogP contribution in [0, 0.1) is 0 Å². The van der Waals surface area contributed by atoms with Gasteiger partial charge in [0.2, 0.25) is 5.82 Å². The molecular weight excluding hydrogens is 377 g/mol. The molecule has 0 radical (unpaired) electrons. The number of rotatable bonds is 4. The lowest BCUT2D eigenvalue weighted by atomic mass is 10.1. The molecule has 2 aliphatic rings. The molecule has 7 heteroatoms. The number of aromatic nitrogens is 3. The van der Waals surface area contributed by atoms with Gasteiger partial charge < -0.3 is 0 Å². The predicted octanol–water partition coefficient (Wildman–Crippen LogP) is 4.95. The van der Waals surface area contributed by atoms with Crippen molar-refractivity contribution in [1.82, 2.24) is 19.9 Å². The lowest BCUT2D eigenvalue weighted by molar-refractivity contribution is -0.144. The SMILES string of the molecule is FC(F)(F)c1ncc(-c2cc(CN3Cc4ccccc4C3)cc(C3CC3)n2)cn1. The van der Waals surface area contributed by atoms with E-state index in [1.54, 1.807) is 0 Å². The first-order chi connectivity index (χ1) is 14.0. The molecule has 3 aromatic rings. The zero-order valence-electron chi connectivity index (χ0n) is 15.7. The molecule has 4 nitrogen and oxygen atoms in total. The monoisotopic (exact) mass is 396 g/mol. The summed E-state index contributed by atoms with van der Waals surface area (Å²) in [6.45, 7) is 2.57. The van der Waals surface area contributed by atoms with E-state index in [0.29, 0.717) is 17.2 Å². The van der Waals surface area contributed by atoms with E-state index in [9.17, 15) is 13.2 Å². The van der Waals surface area contributed by atoms with Crippen molar-refractivity contribution in [3.05, 3.63) is 77.0 Å². The summed E-state index contributed by atoms with van der Waals surface area (Å²) in [5.74, 6) is -0.686. The summed E-state index contributed by atoms with van der Waals surface area (Å²) in [6.07, 6.45) is 0.0928.